The summed E-state index contributed by atoms with van der Waals surface area (Å²) in [6, 6.07) is 1.93. The van der Waals surface area contributed by atoms with Crippen molar-refractivity contribution in [3.8, 4) is 0 Å². The molecule has 1 aliphatic heterocycles. The molecule has 2 unspecified atom stereocenters. The molecular weight excluding hydrogens is 208 g/mol. The second-order valence-electron chi connectivity index (χ2n) is 4.24. The van der Waals surface area contributed by atoms with Crippen LogP contribution >= 0.6 is 11.8 Å². The molecule has 2 atom stereocenters. The van der Waals surface area contributed by atoms with Crippen LogP contribution in [-0.4, -0.2) is 25.4 Å². The van der Waals surface area contributed by atoms with E-state index >= 15 is 0 Å². The lowest BCUT2D eigenvalue weighted by molar-refractivity contribution is 0.125. The first-order valence-corrected chi connectivity index (χ1v) is 6.49. The van der Waals surface area contributed by atoms with Gasteiger partial charge in [0.15, 0.2) is 0 Å². The van der Waals surface area contributed by atoms with E-state index in [-0.39, 0.29) is 4.75 Å². The van der Waals surface area contributed by atoms with Gasteiger partial charge in [-0.1, -0.05) is 0 Å². The minimum absolute atomic E-state index is 0.0209. The lowest BCUT2D eigenvalue weighted by atomic mass is 9.96. The third kappa shape index (κ3) is 1.93. The van der Waals surface area contributed by atoms with E-state index in [0.717, 1.165) is 24.4 Å². The van der Waals surface area contributed by atoms with Crippen molar-refractivity contribution < 1.29 is 5.11 Å². The van der Waals surface area contributed by atoms with Crippen molar-refractivity contribution in [1.82, 2.24) is 9.78 Å². The third-order valence-electron chi connectivity index (χ3n) is 3.16. The Balaban J connectivity index is 2.23. The van der Waals surface area contributed by atoms with Gasteiger partial charge in [0.2, 0.25) is 0 Å². The Hall–Kier alpha value is -0.480. The molecule has 0 saturated carbocycles. The molecule has 15 heavy (non-hydrogen) atoms. The fraction of sp³-hybridized carbons (Fsp3) is 0.727. The van der Waals surface area contributed by atoms with E-state index in [0.29, 0.717) is 0 Å². The van der Waals surface area contributed by atoms with Gasteiger partial charge in [-0.2, -0.15) is 16.9 Å². The number of hydrogen-bond acceptors (Lipinski definition) is 3. The van der Waals surface area contributed by atoms with Gasteiger partial charge >= 0.3 is 0 Å². The Morgan fingerprint density at radius 3 is 3.13 bits per heavy atom. The first-order valence-electron chi connectivity index (χ1n) is 5.51. The van der Waals surface area contributed by atoms with E-state index in [1.807, 2.05) is 29.4 Å². The monoisotopic (exact) mass is 226 g/mol. The topological polar surface area (TPSA) is 38.0 Å². The summed E-state index contributed by atoms with van der Waals surface area (Å²) < 4.78 is 1.86. The molecule has 0 spiro atoms. The Morgan fingerprint density at radius 1 is 1.73 bits per heavy atom. The van der Waals surface area contributed by atoms with Crippen molar-refractivity contribution in [2.45, 2.75) is 44.1 Å². The van der Waals surface area contributed by atoms with Gasteiger partial charge in [0, 0.05) is 17.5 Å². The molecule has 1 aromatic heterocycles. The minimum Gasteiger partial charge on any atom is -0.385 e. The van der Waals surface area contributed by atoms with Crippen molar-refractivity contribution in [3.63, 3.8) is 0 Å². The number of nitrogens with zero attached hydrogens (tertiary/aromatic N) is 2. The molecule has 0 radical (unpaired) electrons. The Morgan fingerprint density at radius 2 is 2.53 bits per heavy atom. The van der Waals surface area contributed by atoms with Gasteiger partial charge in [0.1, 0.15) is 6.10 Å². The highest BCUT2D eigenvalue weighted by Crippen LogP contribution is 2.46. The molecule has 3 nitrogen and oxygen atoms in total. The summed E-state index contributed by atoms with van der Waals surface area (Å²) in [4.78, 5) is 0. The number of aryl methyl sites for hydroxylation is 1. The van der Waals surface area contributed by atoms with Crippen LogP contribution in [0.3, 0.4) is 0 Å². The molecule has 0 amide bonds. The number of aliphatic hydroxyl groups is 1. The Bertz CT molecular complexity index is 331. The lowest BCUT2D eigenvalue weighted by Crippen LogP contribution is -2.28. The van der Waals surface area contributed by atoms with Gasteiger partial charge in [0.25, 0.3) is 0 Å². The van der Waals surface area contributed by atoms with Crippen LogP contribution in [0.15, 0.2) is 12.3 Å². The predicted octanol–water partition coefficient (Wildman–Crippen LogP) is 2.22. The number of hydrogen-bond donors (Lipinski definition) is 1. The summed E-state index contributed by atoms with van der Waals surface area (Å²) in [5, 5.41) is 14.6. The summed E-state index contributed by atoms with van der Waals surface area (Å²) in [6.45, 7) is 5.02. The highest BCUT2D eigenvalue weighted by molar-refractivity contribution is 8.00. The summed E-state index contributed by atoms with van der Waals surface area (Å²) in [5.41, 5.74) is 0.953. The van der Waals surface area contributed by atoms with Crippen molar-refractivity contribution in [2.75, 3.05) is 5.75 Å². The molecular formula is C11H18N2OS. The van der Waals surface area contributed by atoms with E-state index in [1.54, 1.807) is 6.20 Å². The van der Waals surface area contributed by atoms with Gasteiger partial charge in [0.05, 0.1) is 5.69 Å². The molecule has 1 saturated heterocycles. The van der Waals surface area contributed by atoms with E-state index in [2.05, 4.69) is 12.0 Å². The highest BCUT2D eigenvalue weighted by Gasteiger charge is 2.39. The molecule has 1 N–H and O–H groups in total. The van der Waals surface area contributed by atoms with E-state index in [9.17, 15) is 5.11 Å². The van der Waals surface area contributed by atoms with Crippen LogP contribution in [0.5, 0.6) is 0 Å². The van der Waals surface area contributed by atoms with Crippen LogP contribution in [0, 0.1) is 0 Å². The molecule has 1 fully saturated rings. The molecule has 2 heterocycles. The number of rotatable bonds is 3. The minimum atomic E-state index is -0.396. The smallest absolute Gasteiger partial charge is 0.110 e. The molecule has 4 heteroatoms. The maximum atomic E-state index is 10.4. The van der Waals surface area contributed by atoms with Gasteiger partial charge < -0.3 is 5.11 Å². The second-order valence-corrected chi connectivity index (χ2v) is 5.87. The Kier molecular flexibility index (Phi) is 3.07. The standard InChI is InChI=1S/C11H18N2OS/c1-3-13-9(5-7-12-13)10(14)11(2)6-4-8-15-11/h5,7,10,14H,3-4,6,8H2,1-2H3. The molecule has 1 aliphatic rings. The quantitative estimate of drug-likeness (QED) is 0.859. The van der Waals surface area contributed by atoms with Gasteiger partial charge in [-0.05, 0) is 38.5 Å². The normalized spacial score (nSPS) is 28.2. The van der Waals surface area contributed by atoms with Crippen molar-refractivity contribution >= 4 is 11.8 Å². The molecule has 84 valence electrons. The average molecular weight is 226 g/mol. The van der Waals surface area contributed by atoms with Crippen LogP contribution in [0.25, 0.3) is 0 Å². The van der Waals surface area contributed by atoms with Crippen LogP contribution < -0.4 is 0 Å². The summed E-state index contributed by atoms with van der Waals surface area (Å²) >= 11 is 1.88. The van der Waals surface area contributed by atoms with E-state index in [4.69, 9.17) is 0 Å². The summed E-state index contributed by atoms with van der Waals surface area (Å²) in [6.07, 6.45) is 3.67. The molecule has 1 aromatic rings. The Labute approximate surface area is 94.9 Å². The fourth-order valence-corrected chi connectivity index (χ4v) is 3.49. The molecule has 2 rings (SSSR count). The lowest BCUT2D eigenvalue weighted by Gasteiger charge is -2.29. The first-order chi connectivity index (χ1) is 7.17. The van der Waals surface area contributed by atoms with E-state index in [1.165, 1.54) is 6.42 Å². The third-order valence-corrected chi connectivity index (χ3v) is 4.74. The zero-order valence-corrected chi connectivity index (χ0v) is 10.1. The van der Waals surface area contributed by atoms with E-state index < -0.39 is 6.10 Å². The van der Waals surface area contributed by atoms with Crippen LogP contribution in [0.4, 0.5) is 0 Å². The first kappa shape index (κ1) is 11.0. The SMILES string of the molecule is CCn1nccc1C(O)C1(C)CCCS1. The highest BCUT2D eigenvalue weighted by atomic mass is 32.2. The average Bonchev–Trinajstić information content (AvgIpc) is 2.85. The zero-order valence-electron chi connectivity index (χ0n) is 9.31. The molecule has 0 bridgehead atoms. The fourth-order valence-electron chi connectivity index (χ4n) is 2.17. The summed E-state index contributed by atoms with van der Waals surface area (Å²) in [7, 11) is 0. The molecule has 0 aliphatic carbocycles. The van der Waals surface area contributed by atoms with Crippen molar-refractivity contribution in [1.29, 1.82) is 0 Å². The summed E-state index contributed by atoms with van der Waals surface area (Å²) in [5.74, 6) is 1.16. The second kappa shape index (κ2) is 4.18. The maximum Gasteiger partial charge on any atom is 0.110 e. The van der Waals surface area contributed by atoms with Crippen LogP contribution in [0.2, 0.25) is 0 Å². The maximum absolute atomic E-state index is 10.4. The molecule has 0 aromatic carbocycles. The predicted molar refractivity (Wildman–Crippen MR) is 63.0 cm³/mol. The largest absolute Gasteiger partial charge is 0.385 e. The number of aromatic nitrogens is 2. The number of thioether (sulfide) groups is 1. The van der Waals surface area contributed by atoms with Gasteiger partial charge in [-0.25, -0.2) is 0 Å². The van der Waals surface area contributed by atoms with Crippen molar-refractivity contribution in [3.05, 3.63) is 18.0 Å². The number of aliphatic hydroxyl groups excluding tert-OH is 1. The van der Waals surface area contributed by atoms with Crippen LogP contribution in [0.1, 0.15) is 38.5 Å². The zero-order chi connectivity index (χ0) is 10.9. The van der Waals surface area contributed by atoms with Gasteiger partial charge in [-0.3, -0.25) is 4.68 Å². The van der Waals surface area contributed by atoms with Crippen molar-refractivity contribution in [2.24, 2.45) is 0 Å². The van der Waals surface area contributed by atoms with Gasteiger partial charge in [-0.15, -0.1) is 0 Å². The van der Waals surface area contributed by atoms with Crippen LogP contribution in [-0.2, 0) is 6.54 Å².